The van der Waals surface area contributed by atoms with E-state index in [1.807, 2.05) is 54.6 Å². The summed E-state index contributed by atoms with van der Waals surface area (Å²) in [6.45, 7) is 7.05. The van der Waals surface area contributed by atoms with Crippen LogP contribution in [0.1, 0.15) is 18.1 Å². The second-order valence-corrected chi connectivity index (χ2v) is 9.01. The van der Waals surface area contributed by atoms with Gasteiger partial charge in [-0.25, -0.2) is 4.79 Å². The number of nitriles is 1. The van der Waals surface area contributed by atoms with E-state index in [4.69, 9.17) is 10.00 Å². The van der Waals surface area contributed by atoms with E-state index in [1.54, 1.807) is 0 Å². The SMILES string of the molecule is CC(CNC(=O)Nc1cccc(COc2ccc(CC#N)cc2)c1)N1CCN(c2ccccc2)CC1. The predicted octanol–water partition coefficient (Wildman–Crippen LogP) is 4.66. The second kappa shape index (κ2) is 12.6. The molecule has 2 N–H and O–H groups in total. The average Bonchev–Trinajstić information content (AvgIpc) is 2.92. The minimum Gasteiger partial charge on any atom is -0.489 e. The van der Waals surface area contributed by atoms with Gasteiger partial charge in [-0.15, -0.1) is 0 Å². The highest BCUT2D eigenvalue weighted by atomic mass is 16.5. The maximum Gasteiger partial charge on any atom is 0.319 e. The van der Waals surface area contributed by atoms with Crippen LogP contribution in [0.2, 0.25) is 0 Å². The highest BCUT2D eigenvalue weighted by Gasteiger charge is 2.21. The van der Waals surface area contributed by atoms with Crippen molar-refractivity contribution in [3.63, 3.8) is 0 Å². The molecule has 36 heavy (non-hydrogen) atoms. The minimum absolute atomic E-state index is 0.212. The third-order valence-corrected chi connectivity index (χ3v) is 6.41. The largest absolute Gasteiger partial charge is 0.489 e. The molecule has 0 aromatic heterocycles. The standard InChI is InChI=1S/C29H33N5O2/c1-23(33-16-18-34(19-17-33)27-8-3-2-4-9-27)21-31-29(35)32-26-7-5-6-25(20-26)22-36-28-12-10-24(11-13-28)14-15-30/h2-13,20,23H,14,16-19,21-22H2,1H3,(H2,31,32,35). The Kier molecular flexibility index (Phi) is 8.79. The summed E-state index contributed by atoms with van der Waals surface area (Å²) in [6.07, 6.45) is 0.389. The summed E-state index contributed by atoms with van der Waals surface area (Å²) < 4.78 is 5.85. The topological polar surface area (TPSA) is 80.6 Å². The summed E-state index contributed by atoms with van der Waals surface area (Å²) >= 11 is 0. The number of carbonyl (C=O) groups excluding carboxylic acids is 1. The lowest BCUT2D eigenvalue weighted by Gasteiger charge is -2.39. The van der Waals surface area contributed by atoms with Crippen LogP contribution < -0.4 is 20.3 Å². The molecule has 3 aromatic rings. The molecule has 0 spiro atoms. The average molecular weight is 484 g/mol. The van der Waals surface area contributed by atoms with Gasteiger partial charge in [0, 0.05) is 50.1 Å². The molecule has 186 valence electrons. The summed E-state index contributed by atoms with van der Waals surface area (Å²) in [5, 5.41) is 14.7. The van der Waals surface area contributed by atoms with E-state index in [0.717, 1.165) is 48.7 Å². The number of rotatable bonds is 9. The van der Waals surface area contributed by atoms with Gasteiger partial charge in [0.1, 0.15) is 12.4 Å². The van der Waals surface area contributed by atoms with E-state index in [1.165, 1.54) is 5.69 Å². The predicted molar refractivity (Wildman–Crippen MR) is 143 cm³/mol. The molecule has 3 aromatic carbocycles. The van der Waals surface area contributed by atoms with Gasteiger partial charge in [0.2, 0.25) is 0 Å². The molecule has 4 rings (SSSR count). The quantitative estimate of drug-likeness (QED) is 0.463. The highest BCUT2D eigenvalue weighted by molar-refractivity contribution is 5.89. The number of ether oxygens (including phenoxy) is 1. The van der Waals surface area contributed by atoms with Gasteiger partial charge in [-0.1, -0.05) is 42.5 Å². The van der Waals surface area contributed by atoms with Gasteiger partial charge < -0.3 is 20.3 Å². The van der Waals surface area contributed by atoms with Crippen LogP contribution in [0.25, 0.3) is 0 Å². The van der Waals surface area contributed by atoms with E-state index in [-0.39, 0.29) is 12.1 Å². The van der Waals surface area contributed by atoms with Crippen LogP contribution in [0.15, 0.2) is 78.9 Å². The molecule has 2 amide bonds. The molecular weight excluding hydrogens is 450 g/mol. The number of carbonyl (C=O) groups is 1. The highest BCUT2D eigenvalue weighted by Crippen LogP contribution is 2.18. The normalized spacial score (nSPS) is 14.5. The molecule has 1 aliphatic rings. The zero-order valence-electron chi connectivity index (χ0n) is 20.7. The van der Waals surface area contributed by atoms with Crippen molar-refractivity contribution in [1.82, 2.24) is 10.2 Å². The Bertz CT molecular complexity index is 1150. The number of piperazine rings is 1. The van der Waals surface area contributed by atoms with Crippen molar-refractivity contribution in [2.45, 2.75) is 26.0 Å². The molecule has 0 aliphatic carbocycles. The van der Waals surface area contributed by atoms with Crippen LogP contribution in [-0.4, -0.2) is 49.7 Å². The second-order valence-electron chi connectivity index (χ2n) is 9.01. The fourth-order valence-electron chi connectivity index (χ4n) is 4.30. The Morgan fingerprint density at radius 1 is 0.972 bits per heavy atom. The van der Waals surface area contributed by atoms with Crippen LogP contribution in [0, 0.1) is 11.3 Å². The van der Waals surface area contributed by atoms with Gasteiger partial charge in [0.25, 0.3) is 0 Å². The minimum atomic E-state index is -0.212. The van der Waals surface area contributed by atoms with Crippen molar-refractivity contribution in [2.24, 2.45) is 0 Å². The molecule has 1 fully saturated rings. The number of hydrogen-bond acceptors (Lipinski definition) is 5. The fraction of sp³-hybridized carbons (Fsp3) is 0.310. The van der Waals surface area contributed by atoms with Crippen LogP contribution in [0.5, 0.6) is 5.75 Å². The van der Waals surface area contributed by atoms with E-state index in [9.17, 15) is 4.79 Å². The number of benzene rings is 3. The molecule has 1 saturated heterocycles. The third kappa shape index (κ3) is 7.24. The fourth-order valence-corrected chi connectivity index (χ4v) is 4.30. The smallest absolute Gasteiger partial charge is 0.319 e. The first-order valence-electron chi connectivity index (χ1n) is 12.4. The summed E-state index contributed by atoms with van der Waals surface area (Å²) in [6, 6.07) is 27.8. The van der Waals surface area contributed by atoms with Crippen LogP contribution >= 0.6 is 0 Å². The lowest BCUT2D eigenvalue weighted by Crippen LogP contribution is -2.52. The monoisotopic (exact) mass is 483 g/mol. The lowest BCUT2D eigenvalue weighted by molar-refractivity contribution is 0.192. The first-order chi connectivity index (χ1) is 17.6. The van der Waals surface area contributed by atoms with Crippen LogP contribution in [0.4, 0.5) is 16.2 Å². The molecule has 1 heterocycles. The van der Waals surface area contributed by atoms with Gasteiger partial charge >= 0.3 is 6.03 Å². The molecule has 7 heteroatoms. The molecule has 0 saturated carbocycles. The van der Waals surface area contributed by atoms with Crippen molar-refractivity contribution in [2.75, 3.05) is 42.9 Å². The summed E-state index contributed by atoms with van der Waals surface area (Å²) in [7, 11) is 0. The van der Waals surface area contributed by atoms with Crippen molar-refractivity contribution in [1.29, 1.82) is 5.26 Å². The van der Waals surface area contributed by atoms with Crippen molar-refractivity contribution < 1.29 is 9.53 Å². The number of anilines is 2. The summed E-state index contributed by atoms with van der Waals surface area (Å²) in [5.74, 6) is 0.742. The zero-order valence-corrected chi connectivity index (χ0v) is 20.7. The number of hydrogen-bond donors (Lipinski definition) is 2. The van der Waals surface area contributed by atoms with Gasteiger partial charge in [-0.05, 0) is 54.4 Å². The van der Waals surface area contributed by atoms with Crippen LogP contribution in [0.3, 0.4) is 0 Å². The Balaban J connectivity index is 1.19. The first-order valence-corrected chi connectivity index (χ1v) is 12.4. The number of para-hydroxylation sites is 1. The Hall–Kier alpha value is -4.02. The van der Waals surface area contributed by atoms with Gasteiger partial charge in [-0.3, -0.25) is 4.90 Å². The third-order valence-electron chi connectivity index (χ3n) is 6.41. The number of nitrogens with zero attached hydrogens (tertiary/aromatic N) is 3. The Labute approximate surface area is 213 Å². The summed E-state index contributed by atoms with van der Waals surface area (Å²) in [5.41, 5.74) is 3.91. The maximum absolute atomic E-state index is 12.5. The van der Waals surface area contributed by atoms with Crippen molar-refractivity contribution >= 4 is 17.4 Å². The van der Waals surface area contributed by atoms with Gasteiger partial charge in [-0.2, -0.15) is 5.26 Å². The first kappa shape index (κ1) is 25.1. The molecule has 1 aliphatic heterocycles. The van der Waals surface area contributed by atoms with E-state index < -0.39 is 0 Å². The van der Waals surface area contributed by atoms with E-state index in [2.05, 4.69) is 57.7 Å². The van der Waals surface area contributed by atoms with Gasteiger partial charge in [0.15, 0.2) is 0 Å². The van der Waals surface area contributed by atoms with Crippen LogP contribution in [-0.2, 0) is 13.0 Å². The number of amides is 2. The molecule has 7 nitrogen and oxygen atoms in total. The summed E-state index contributed by atoms with van der Waals surface area (Å²) in [4.78, 5) is 17.3. The molecule has 0 radical (unpaired) electrons. The van der Waals surface area contributed by atoms with E-state index >= 15 is 0 Å². The maximum atomic E-state index is 12.5. The lowest BCUT2D eigenvalue weighted by atomic mass is 10.1. The molecule has 1 atom stereocenters. The zero-order chi connectivity index (χ0) is 25.2. The number of urea groups is 1. The molecule has 0 bridgehead atoms. The van der Waals surface area contributed by atoms with Gasteiger partial charge in [0.05, 0.1) is 12.5 Å². The molecule has 1 unspecified atom stereocenters. The van der Waals surface area contributed by atoms with Crippen molar-refractivity contribution in [3.8, 4) is 11.8 Å². The molecular formula is C29H33N5O2. The van der Waals surface area contributed by atoms with E-state index in [0.29, 0.717) is 19.6 Å². The Morgan fingerprint density at radius 2 is 1.72 bits per heavy atom. The van der Waals surface area contributed by atoms with Crippen molar-refractivity contribution in [3.05, 3.63) is 90.0 Å². The Morgan fingerprint density at radius 3 is 2.44 bits per heavy atom. The number of nitrogens with one attached hydrogen (secondary N) is 2.